The summed E-state index contributed by atoms with van der Waals surface area (Å²) in [6.45, 7) is 12.6. The average molecular weight is 520 g/mol. The number of carboxylic acids is 1. The zero-order chi connectivity index (χ0) is 26.7. The van der Waals surface area contributed by atoms with Gasteiger partial charge in [-0.25, -0.2) is 4.79 Å². The van der Waals surface area contributed by atoms with E-state index in [1.54, 1.807) is 11.9 Å². The third kappa shape index (κ3) is 6.13. The fourth-order valence-electron chi connectivity index (χ4n) is 4.90. The van der Waals surface area contributed by atoms with E-state index in [4.69, 9.17) is 9.47 Å². The summed E-state index contributed by atoms with van der Waals surface area (Å²) in [6, 6.07) is 16.5. The standard InChI is InChI=1S/C31H37NO4S/c1-19-20(2)28(32-37-18-22-11-8-7-9-12-22)21(3)27(29(30(33)34)36-31(4,5)6)26(19)24-14-15-25-23(17-24)13-10-16-35-25/h7-9,11-12,14-15,17,29,32H,10,13,16,18H2,1-6H3,(H,33,34). The molecule has 0 aromatic heterocycles. The maximum Gasteiger partial charge on any atom is 0.337 e. The number of aliphatic carboxylic acids is 1. The topological polar surface area (TPSA) is 67.8 Å². The number of benzene rings is 3. The van der Waals surface area contributed by atoms with E-state index in [0.717, 1.165) is 70.0 Å². The molecule has 4 rings (SSSR count). The van der Waals surface area contributed by atoms with E-state index in [-0.39, 0.29) is 0 Å². The number of hydrogen-bond donors (Lipinski definition) is 2. The van der Waals surface area contributed by atoms with Crippen LogP contribution in [0.15, 0.2) is 48.5 Å². The Balaban J connectivity index is 1.85. The molecule has 1 aliphatic heterocycles. The monoisotopic (exact) mass is 519 g/mol. The molecule has 3 aromatic rings. The van der Waals surface area contributed by atoms with Gasteiger partial charge in [-0.2, -0.15) is 0 Å². The first-order chi connectivity index (χ1) is 17.6. The molecule has 0 fully saturated rings. The third-order valence-electron chi connectivity index (χ3n) is 6.77. The lowest BCUT2D eigenvalue weighted by atomic mass is 9.84. The van der Waals surface area contributed by atoms with Gasteiger partial charge in [0.05, 0.1) is 17.9 Å². The SMILES string of the molecule is Cc1c(C)c(-c2ccc3c(c2)CCCO3)c(C(OC(C)(C)C)C(=O)O)c(C)c1NSCc1ccccc1. The van der Waals surface area contributed by atoms with Crippen molar-refractivity contribution < 1.29 is 19.4 Å². The number of carbonyl (C=O) groups is 1. The van der Waals surface area contributed by atoms with Crippen molar-refractivity contribution >= 4 is 23.6 Å². The normalized spacial score (nSPS) is 14.0. The Labute approximate surface area is 224 Å². The van der Waals surface area contributed by atoms with E-state index in [0.29, 0.717) is 5.56 Å². The van der Waals surface area contributed by atoms with E-state index in [1.807, 2.05) is 58.0 Å². The van der Waals surface area contributed by atoms with Crippen LogP contribution in [0.5, 0.6) is 5.75 Å². The Kier molecular flexibility index (Phi) is 8.20. The van der Waals surface area contributed by atoms with Crippen molar-refractivity contribution in [3.8, 4) is 16.9 Å². The molecule has 0 saturated carbocycles. The van der Waals surface area contributed by atoms with Gasteiger partial charge < -0.3 is 19.3 Å². The van der Waals surface area contributed by atoms with Crippen LogP contribution in [0.1, 0.15) is 66.7 Å². The summed E-state index contributed by atoms with van der Waals surface area (Å²) >= 11 is 1.60. The van der Waals surface area contributed by atoms with Gasteiger partial charge in [-0.3, -0.25) is 0 Å². The van der Waals surface area contributed by atoms with Crippen molar-refractivity contribution in [1.29, 1.82) is 0 Å². The largest absolute Gasteiger partial charge is 0.493 e. The van der Waals surface area contributed by atoms with Crippen molar-refractivity contribution in [2.45, 2.75) is 71.8 Å². The van der Waals surface area contributed by atoms with Crippen molar-refractivity contribution in [2.75, 3.05) is 11.3 Å². The molecule has 6 heteroatoms. The van der Waals surface area contributed by atoms with Gasteiger partial charge in [0.15, 0.2) is 6.10 Å². The molecule has 1 heterocycles. The number of aryl methyl sites for hydroxylation is 1. The number of hydrogen-bond acceptors (Lipinski definition) is 5. The predicted molar refractivity (Wildman–Crippen MR) is 152 cm³/mol. The minimum Gasteiger partial charge on any atom is -0.493 e. The minimum atomic E-state index is -1.11. The van der Waals surface area contributed by atoms with Crippen LogP contribution in [0.3, 0.4) is 0 Å². The summed E-state index contributed by atoms with van der Waals surface area (Å²) in [4.78, 5) is 12.7. The Bertz CT molecular complexity index is 1280. The molecule has 0 amide bonds. The van der Waals surface area contributed by atoms with E-state index in [1.165, 1.54) is 5.56 Å². The molecular weight excluding hydrogens is 482 g/mol. The fourth-order valence-corrected chi connectivity index (χ4v) is 5.78. The van der Waals surface area contributed by atoms with Crippen LogP contribution in [-0.2, 0) is 21.7 Å². The first kappa shape index (κ1) is 27.1. The van der Waals surface area contributed by atoms with Gasteiger partial charge >= 0.3 is 5.97 Å². The van der Waals surface area contributed by atoms with Crippen LogP contribution >= 0.6 is 11.9 Å². The average Bonchev–Trinajstić information content (AvgIpc) is 2.86. The van der Waals surface area contributed by atoms with Gasteiger partial charge in [-0.1, -0.05) is 36.4 Å². The summed E-state index contributed by atoms with van der Waals surface area (Å²) < 4.78 is 15.6. The highest BCUT2D eigenvalue weighted by atomic mass is 32.2. The van der Waals surface area contributed by atoms with Crippen molar-refractivity contribution in [2.24, 2.45) is 0 Å². The molecule has 37 heavy (non-hydrogen) atoms. The molecule has 3 aromatic carbocycles. The number of nitrogens with one attached hydrogen (secondary N) is 1. The number of ether oxygens (including phenoxy) is 2. The van der Waals surface area contributed by atoms with Crippen LogP contribution in [0.25, 0.3) is 11.1 Å². The predicted octanol–water partition coefficient (Wildman–Crippen LogP) is 7.80. The van der Waals surface area contributed by atoms with Crippen LogP contribution in [0.4, 0.5) is 5.69 Å². The Morgan fingerprint density at radius 3 is 2.49 bits per heavy atom. The highest BCUT2D eigenvalue weighted by Crippen LogP contribution is 2.44. The van der Waals surface area contributed by atoms with Crippen LogP contribution in [0, 0.1) is 20.8 Å². The first-order valence-corrected chi connectivity index (χ1v) is 13.8. The van der Waals surface area contributed by atoms with Gasteiger partial charge in [0.25, 0.3) is 0 Å². The Hall–Kier alpha value is -2.96. The Morgan fingerprint density at radius 2 is 1.81 bits per heavy atom. The molecule has 1 aliphatic rings. The van der Waals surface area contributed by atoms with Gasteiger partial charge in [-0.05, 0) is 117 Å². The summed E-state index contributed by atoms with van der Waals surface area (Å²) in [7, 11) is 0. The maximum atomic E-state index is 12.7. The molecule has 0 spiro atoms. The number of rotatable bonds is 8. The van der Waals surface area contributed by atoms with E-state index < -0.39 is 17.7 Å². The zero-order valence-electron chi connectivity index (χ0n) is 22.6. The summed E-state index contributed by atoms with van der Waals surface area (Å²) in [5.74, 6) is 0.715. The van der Waals surface area contributed by atoms with E-state index in [2.05, 4.69) is 36.8 Å². The molecule has 0 bridgehead atoms. The van der Waals surface area contributed by atoms with Crippen LogP contribution < -0.4 is 9.46 Å². The Morgan fingerprint density at radius 1 is 1.08 bits per heavy atom. The lowest BCUT2D eigenvalue weighted by Gasteiger charge is -2.31. The van der Waals surface area contributed by atoms with Gasteiger partial charge in [0.1, 0.15) is 5.75 Å². The van der Waals surface area contributed by atoms with Crippen molar-refractivity contribution in [3.63, 3.8) is 0 Å². The minimum absolute atomic E-state index is 0.634. The highest BCUT2D eigenvalue weighted by Gasteiger charge is 2.33. The highest BCUT2D eigenvalue weighted by molar-refractivity contribution is 7.99. The second kappa shape index (κ2) is 11.2. The smallest absolute Gasteiger partial charge is 0.337 e. The second-order valence-corrected chi connectivity index (χ2v) is 11.4. The first-order valence-electron chi connectivity index (χ1n) is 12.8. The molecule has 196 valence electrons. The van der Waals surface area contributed by atoms with E-state index >= 15 is 0 Å². The number of fused-ring (bicyclic) bond motifs is 1. The molecule has 1 unspecified atom stereocenters. The summed E-state index contributed by atoms with van der Waals surface area (Å²) in [5, 5.41) is 10.4. The second-order valence-electron chi connectivity index (χ2n) is 10.6. The lowest BCUT2D eigenvalue weighted by Crippen LogP contribution is -2.28. The third-order valence-corrected chi connectivity index (χ3v) is 7.60. The number of anilines is 1. The lowest BCUT2D eigenvalue weighted by molar-refractivity contribution is -0.160. The molecule has 5 nitrogen and oxygen atoms in total. The summed E-state index contributed by atoms with van der Waals surface area (Å²) in [5.41, 5.74) is 8.36. The maximum absolute atomic E-state index is 12.7. The van der Waals surface area contributed by atoms with Gasteiger partial charge in [0, 0.05) is 11.3 Å². The van der Waals surface area contributed by atoms with Crippen LogP contribution in [0.2, 0.25) is 0 Å². The van der Waals surface area contributed by atoms with E-state index in [9.17, 15) is 9.90 Å². The fraction of sp³-hybridized carbons (Fsp3) is 0.387. The summed E-state index contributed by atoms with van der Waals surface area (Å²) in [6.07, 6.45) is 0.819. The van der Waals surface area contributed by atoms with Crippen LogP contribution in [-0.4, -0.2) is 23.3 Å². The van der Waals surface area contributed by atoms with Crippen molar-refractivity contribution in [3.05, 3.63) is 81.9 Å². The zero-order valence-corrected chi connectivity index (χ0v) is 23.4. The van der Waals surface area contributed by atoms with Crippen molar-refractivity contribution in [1.82, 2.24) is 0 Å². The van der Waals surface area contributed by atoms with Gasteiger partial charge in [-0.15, -0.1) is 0 Å². The molecule has 0 radical (unpaired) electrons. The molecular formula is C31H37NO4S. The molecule has 0 saturated heterocycles. The molecule has 2 N–H and O–H groups in total. The molecule has 0 aliphatic carbocycles. The number of carboxylic acid groups (broad SMARTS) is 1. The van der Waals surface area contributed by atoms with Gasteiger partial charge in [0.2, 0.25) is 0 Å². The molecule has 1 atom stereocenters. The quantitative estimate of drug-likeness (QED) is 0.296.